The zero-order valence-corrected chi connectivity index (χ0v) is 17.6. The van der Waals surface area contributed by atoms with E-state index < -0.39 is 0 Å². The lowest BCUT2D eigenvalue weighted by molar-refractivity contribution is -0.129. The van der Waals surface area contributed by atoms with Crippen LogP contribution in [-0.2, 0) is 9.59 Å². The molecule has 2 aromatic carbocycles. The lowest BCUT2D eigenvalue weighted by Crippen LogP contribution is -2.35. The number of benzene rings is 2. The minimum absolute atomic E-state index is 0.0811. The maximum absolute atomic E-state index is 12.7. The number of hydrogen-bond donors (Lipinski definition) is 2. The fraction of sp³-hybridized carbons (Fsp3) is 0.375. The molecule has 1 atom stereocenters. The molecule has 2 N–H and O–H groups in total. The van der Waals surface area contributed by atoms with Crippen molar-refractivity contribution in [3.8, 4) is 5.75 Å². The van der Waals surface area contributed by atoms with Crippen LogP contribution < -0.4 is 15.4 Å². The van der Waals surface area contributed by atoms with Gasteiger partial charge in [0.05, 0.1) is 13.0 Å². The highest BCUT2D eigenvalue weighted by molar-refractivity contribution is 6.05. The summed E-state index contributed by atoms with van der Waals surface area (Å²) in [5.41, 5.74) is 1.76. The third-order valence-corrected chi connectivity index (χ3v) is 6.06. The van der Waals surface area contributed by atoms with Gasteiger partial charge in [-0.15, -0.1) is 0 Å². The zero-order valence-electron chi connectivity index (χ0n) is 17.6. The number of likely N-dealkylation sites (tertiary alicyclic amines) is 1. The molecule has 3 amide bonds. The predicted molar refractivity (Wildman–Crippen MR) is 118 cm³/mol. The van der Waals surface area contributed by atoms with E-state index in [9.17, 15) is 14.4 Å². The van der Waals surface area contributed by atoms with Gasteiger partial charge in [0.15, 0.2) is 0 Å². The van der Waals surface area contributed by atoms with E-state index in [1.165, 1.54) is 0 Å². The Morgan fingerprint density at radius 3 is 2.19 bits per heavy atom. The van der Waals surface area contributed by atoms with Gasteiger partial charge in [0, 0.05) is 35.9 Å². The summed E-state index contributed by atoms with van der Waals surface area (Å²) in [6.07, 6.45) is 4.67. The largest absolute Gasteiger partial charge is 0.497 e. The highest BCUT2D eigenvalue weighted by Crippen LogP contribution is 2.30. The van der Waals surface area contributed by atoms with Crippen molar-refractivity contribution in [1.82, 2.24) is 4.90 Å². The number of carbonyl (C=O) groups excluding carboxylic acids is 3. The van der Waals surface area contributed by atoms with Crippen LogP contribution in [0.3, 0.4) is 0 Å². The summed E-state index contributed by atoms with van der Waals surface area (Å²) in [6.45, 7) is 0.498. The first-order valence-electron chi connectivity index (χ1n) is 10.7. The topological polar surface area (TPSA) is 87.7 Å². The Bertz CT molecular complexity index is 950. The second-order valence-electron chi connectivity index (χ2n) is 8.13. The van der Waals surface area contributed by atoms with Crippen LogP contribution in [0.5, 0.6) is 5.75 Å². The summed E-state index contributed by atoms with van der Waals surface area (Å²) < 4.78 is 5.11. The number of nitrogens with one attached hydrogen (secondary N) is 2. The van der Waals surface area contributed by atoms with Gasteiger partial charge in [-0.2, -0.15) is 0 Å². The Kier molecular flexibility index (Phi) is 6.21. The summed E-state index contributed by atoms with van der Waals surface area (Å²) in [5.74, 6) is 0.0816. The number of nitrogens with zero attached hydrogens (tertiary/aromatic N) is 1. The molecular weight excluding hydrogens is 394 g/mol. The molecule has 1 heterocycles. The van der Waals surface area contributed by atoms with Crippen LogP contribution in [0.4, 0.5) is 11.4 Å². The van der Waals surface area contributed by atoms with Crippen molar-refractivity contribution in [1.29, 1.82) is 0 Å². The van der Waals surface area contributed by atoms with Crippen molar-refractivity contribution in [3.05, 3.63) is 54.1 Å². The van der Waals surface area contributed by atoms with Gasteiger partial charge >= 0.3 is 0 Å². The normalized spacial score (nSPS) is 18.8. The van der Waals surface area contributed by atoms with Gasteiger partial charge in [-0.1, -0.05) is 12.8 Å². The molecule has 1 aliphatic carbocycles. The van der Waals surface area contributed by atoms with Gasteiger partial charge in [-0.05, 0) is 61.4 Å². The smallest absolute Gasteiger partial charge is 0.255 e. The van der Waals surface area contributed by atoms with Crippen LogP contribution in [0.15, 0.2) is 48.5 Å². The lowest BCUT2D eigenvalue weighted by Gasteiger charge is -2.23. The second-order valence-corrected chi connectivity index (χ2v) is 8.13. The summed E-state index contributed by atoms with van der Waals surface area (Å²) in [6, 6.07) is 14.1. The van der Waals surface area contributed by atoms with Crippen LogP contribution in [0.2, 0.25) is 0 Å². The Morgan fingerprint density at radius 1 is 0.935 bits per heavy atom. The quantitative estimate of drug-likeness (QED) is 0.745. The molecule has 1 saturated carbocycles. The molecule has 0 radical (unpaired) electrons. The molecule has 31 heavy (non-hydrogen) atoms. The molecule has 1 saturated heterocycles. The lowest BCUT2D eigenvalue weighted by atomic mass is 10.1. The first-order valence-corrected chi connectivity index (χ1v) is 10.7. The van der Waals surface area contributed by atoms with Crippen LogP contribution >= 0.6 is 0 Å². The molecule has 7 nitrogen and oxygen atoms in total. The number of methoxy groups -OCH3 is 1. The molecule has 7 heteroatoms. The Balaban J connectivity index is 1.32. The Labute approximate surface area is 181 Å². The molecule has 0 bridgehead atoms. The van der Waals surface area contributed by atoms with E-state index in [0.29, 0.717) is 35.3 Å². The average molecular weight is 421 g/mol. The standard InChI is InChI=1S/C24H27N3O4/c1-31-21-12-10-19(11-13-21)25-23(29)16-6-8-18(9-7-16)26-24(30)17-14-22(28)27(15-17)20-4-2-3-5-20/h6-13,17,20H,2-5,14-15H2,1H3,(H,25,29)(H,26,30)/t17-/m1/s1. The molecule has 2 aliphatic rings. The zero-order chi connectivity index (χ0) is 21.8. The van der Waals surface area contributed by atoms with Gasteiger partial charge < -0.3 is 20.3 Å². The molecule has 1 aliphatic heterocycles. The minimum atomic E-state index is -0.328. The molecule has 0 unspecified atom stereocenters. The maximum Gasteiger partial charge on any atom is 0.255 e. The van der Waals surface area contributed by atoms with Gasteiger partial charge in [0.1, 0.15) is 5.75 Å². The Morgan fingerprint density at radius 2 is 1.55 bits per heavy atom. The number of rotatable bonds is 6. The Hall–Kier alpha value is -3.35. The number of anilines is 2. The average Bonchev–Trinajstić information content (AvgIpc) is 3.44. The molecule has 0 spiro atoms. The minimum Gasteiger partial charge on any atom is -0.497 e. The van der Waals surface area contributed by atoms with Gasteiger partial charge in [-0.25, -0.2) is 0 Å². The van der Waals surface area contributed by atoms with Gasteiger partial charge in [0.25, 0.3) is 5.91 Å². The third-order valence-electron chi connectivity index (χ3n) is 6.06. The van der Waals surface area contributed by atoms with E-state index in [0.717, 1.165) is 25.7 Å². The molecule has 2 fully saturated rings. The number of amides is 3. The maximum atomic E-state index is 12.7. The highest BCUT2D eigenvalue weighted by Gasteiger charge is 2.38. The summed E-state index contributed by atoms with van der Waals surface area (Å²) in [4.78, 5) is 39.3. The molecule has 4 rings (SSSR count). The van der Waals surface area contributed by atoms with Crippen molar-refractivity contribution in [2.45, 2.75) is 38.1 Å². The summed E-state index contributed by atoms with van der Waals surface area (Å²) >= 11 is 0. The number of hydrogen-bond acceptors (Lipinski definition) is 4. The van der Waals surface area contributed by atoms with E-state index in [-0.39, 0.29) is 30.1 Å². The van der Waals surface area contributed by atoms with Crippen LogP contribution in [0.25, 0.3) is 0 Å². The summed E-state index contributed by atoms with van der Waals surface area (Å²) in [5, 5.41) is 5.71. The van der Waals surface area contributed by atoms with Crippen molar-refractivity contribution in [3.63, 3.8) is 0 Å². The number of carbonyl (C=O) groups is 3. The van der Waals surface area contributed by atoms with E-state index in [1.807, 2.05) is 4.90 Å². The van der Waals surface area contributed by atoms with Crippen molar-refractivity contribution in [2.24, 2.45) is 5.92 Å². The molecule has 162 valence electrons. The van der Waals surface area contributed by atoms with Crippen LogP contribution in [0, 0.1) is 5.92 Å². The number of ether oxygens (including phenoxy) is 1. The molecular formula is C24H27N3O4. The van der Waals surface area contributed by atoms with E-state index in [2.05, 4.69) is 10.6 Å². The van der Waals surface area contributed by atoms with Gasteiger partial charge in [0.2, 0.25) is 11.8 Å². The SMILES string of the molecule is COc1ccc(NC(=O)c2ccc(NC(=O)[C@@H]3CC(=O)N(C4CCCC4)C3)cc2)cc1. The van der Waals surface area contributed by atoms with E-state index >= 15 is 0 Å². The van der Waals surface area contributed by atoms with E-state index in [4.69, 9.17) is 4.74 Å². The highest BCUT2D eigenvalue weighted by atomic mass is 16.5. The molecule has 0 aromatic heterocycles. The fourth-order valence-corrected chi connectivity index (χ4v) is 4.30. The summed E-state index contributed by atoms with van der Waals surface area (Å²) in [7, 11) is 1.59. The van der Waals surface area contributed by atoms with Crippen LogP contribution in [0.1, 0.15) is 42.5 Å². The first kappa shape index (κ1) is 20.9. The molecule has 2 aromatic rings. The van der Waals surface area contributed by atoms with Crippen LogP contribution in [-0.4, -0.2) is 42.3 Å². The second kappa shape index (κ2) is 9.20. The fourth-order valence-electron chi connectivity index (χ4n) is 4.30. The first-order chi connectivity index (χ1) is 15.0. The van der Waals surface area contributed by atoms with Crippen molar-refractivity contribution >= 4 is 29.1 Å². The van der Waals surface area contributed by atoms with E-state index in [1.54, 1.807) is 55.6 Å². The monoisotopic (exact) mass is 421 g/mol. The van der Waals surface area contributed by atoms with Gasteiger partial charge in [-0.3, -0.25) is 14.4 Å². The third kappa shape index (κ3) is 4.87. The van der Waals surface area contributed by atoms with Crippen molar-refractivity contribution < 1.29 is 19.1 Å². The predicted octanol–water partition coefficient (Wildman–Crippen LogP) is 3.68. The van der Waals surface area contributed by atoms with Crippen molar-refractivity contribution in [2.75, 3.05) is 24.3 Å².